The van der Waals surface area contributed by atoms with Crippen LogP contribution in [0.25, 0.3) is 0 Å². The fourth-order valence-electron chi connectivity index (χ4n) is 2.18. The molecule has 0 radical (unpaired) electrons. The lowest BCUT2D eigenvalue weighted by Crippen LogP contribution is -2.06. The highest BCUT2D eigenvalue weighted by atomic mass is 16.6. The summed E-state index contributed by atoms with van der Waals surface area (Å²) in [4.78, 5) is 20.3. The van der Waals surface area contributed by atoms with Gasteiger partial charge in [0.1, 0.15) is 5.69 Å². The molecular formula is C12H14N4O4. The van der Waals surface area contributed by atoms with E-state index in [1.54, 1.807) is 0 Å². The van der Waals surface area contributed by atoms with E-state index in [1.807, 2.05) is 0 Å². The summed E-state index contributed by atoms with van der Waals surface area (Å²) in [7, 11) is 0. The Balaban J connectivity index is 2.27. The second-order valence-electron chi connectivity index (χ2n) is 4.72. The molecule has 8 heteroatoms. The Morgan fingerprint density at radius 2 is 2.05 bits per heavy atom. The molecule has 1 fully saturated rings. The molecule has 1 aromatic carbocycles. The molecule has 1 saturated carbocycles. The maximum Gasteiger partial charge on any atom is 0.301 e. The average Bonchev–Trinajstić information content (AvgIpc) is 2.81. The third-order valence-electron chi connectivity index (χ3n) is 3.35. The van der Waals surface area contributed by atoms with Gasteiger partial charge in [-0.1, -0.05) is 6.92 Å². The summed E-state index contributed by atoms with van der Waals surface area (Å²) in [6.45, 7) is 2.05. The molecule has 1 N–H and O–H groups in total. The second kappa shape index (κ2) is 5.64. The third-order valence-corrected chi connectivity index (χ3v) is 3.35. The van der Waals surface area contributed by atoms with Crippen molar-refractivity contribution in [1.82, 2.24) is 0 Å². The van der Waals surface area contributed by atoms with Crippen molar-refractivity contribution >= 4 is 22.8 Å². The molecule has 8 nitrogen and oxygen atoms in total. The van der Waals surface area contributed by atoms with E-state index < -0.39 is 9.85 Å². The molecule has 0 amide bonds. The Bertz CT molecular complexity index is 585. The molecule has 1 atom stereocenters. The minimum atomic E-state index is -0.665. The van der Waals surface area contributed by atoms with E-state index in [0.717, 1.165) is 31.0 Å². The fourth-order valence-corrected chi connectivity index (χ4v) is 2.18. The van der Waals surface area contributed by atoms with Gasteiger partial charge in [0.15, 0.2) is 0 Å². The van der Waals surface area contributed by atoms with Gasteiger partial charge in [0.25, 0.3) is 5.69 Å². The molecule has 1 unspecified atom stereocenters. The summed E-state index contributed by atoms with van der Waals surface area (Å²) in [5.41, 5.74) is 3.12. The van der Waals surface area contributed by atoms with Gasteiger partial charge in [-0.25, -0.2) is 0 Å². The molecule has 20 heavy (non-hydrogen) atoms. The van der Waals surface area contributed by atoms with Crippen LogP contribution in [0.2, 0.25) is 0 Å². The van der Waals surface area contributed by atoms with Crippen molar-refractivity contribution in [2.45, 2.75) is 26.2 Å². The molecule has 0 aromatic heterocycles. The van der Waals surface area contributed by atoms with Crippen LogP contribution in [0.4, 0.5) is 17.1 Å². The molecular weight excluding hydrogens is 264 g/mol. The van der Waals surface area contributed by atoms with Crippen molar-refractivity contribution in [3.63, 3.8) is 0 Å². The number of hydrazone groups is 1. The number of nitrogens with one attached hydrogen (secondary N) is 1. The van der Waals surface area contributed by atoms with E-state index >= 15 is 0 Å². The smallest absolute Gasteiger partial charge is 0.272 e. The van der Waals surface area contributed by atoms with Gasteiger partial charge in [-0.05, 0) is 31.2 Å². The van der Waals surface area contributed by atoms with Crippen LogP contribution in [0.3, 0.4) is 0 Å². The van der Waals surface area contributed by atoms with Crippen molar-refractivity contribution in [2.24, 2.45) is 11.0 Å². The number of rotatable bonds is 4. The minimum Gasteiger partial charge on any atom is -0.272 e. The Labute approximate surface area is 114 Å². The van der Waals surface area contributed by atoms with Crippen molar-refractivity contribution in [1.29, 1.82) is 0 Å². The number of benzene rings is 1. The van der Waals surface area contributed by atoms with E-state index in [2.05, 4.69) is 17.5 Å². The van der Waals surface area contributed by atoms with Gasteiger partial charge in [-0.15, -0.1) is 0 Å². The lowest BCUT2D eigenvalue weighted by atomic mass is 10.1. The van der Waals surface area contributed by atoms with Crippen LogP contribution in [0, 0.1) is 26.1 Å². The van der Waals surface area contributed by atoms with Crippen LogP contribution in [-0.2, 0) is 0 Å². The monoisotopic (exact) mass is 278 g/mol. The lowest BCUT2D eigenvalue weighted by molar-refractivity contribution is -0.393. The number of hydrogen-bond donors (Lipinski definition) is 1. The normalized spacial score (nSPS) is 20.1. The number of nitro benzene ring substituents is 2. The van der Waals surface area contributed by atoms with Crippen molar-refractivity contribution in [3.8, 4) is 0 Å². The zero-order valence-electron chi connectivity index (χ0n) is 10.9. The fraction of sp³-hybridized carbons (Fsp3) is 0.417. The summed E-state index contributed by atoms with van der Waals surface area (Å²) < 4.78 is 0. The number of anilines is 1. The highest BCUT2D eigenvalue weighted by molar-refractivity contribution is 5.89. The molecule has 2 rings (SSSR count). The summed E-state index contributed by atoms with van der Waals surface area (Å²) in [6.07, 6.45) is 2.99. The number of hydrogen-bond acceptors (Lipinski definition) is 6. The molecule has 0 heterocycles. The van der Waals surface area contributed by atoms with E-state index in [4.69, 9.17) is 0 Å². The molecule has 0 spiro atoms. The van der Waals surface area contributed by atoms with Gasteiger partial charge in [0, 0.05) is 11.8 Å². The first-order chi connectivity index (χ1) is 9.49. The average molecular weight is 278 g/mol. The molecule has 106 valence electrons. The van der Waals surface area contributed by atoms with E-state index in [1.165, 1.54) is 12.1 Å². The van der Waals surface area contributed by atoms with E-state index in [0.29, 0.717) is 5.92 Å². The maximum atomic E-state index is 11.0. The van der Waals surface area contributed by atoms with Crippen LogP contribution in [-0.4, -0.2) is 15.6 Å². The van der Waals surface area contributed by atoms with Crippen molar-refractivity contribution in [2.75, 3.05) is 5.43 Å². The van der Waals surface area contributed by atoms with Gasteiger partial charge >= 0.3 is 5.69 Å². The predicted molar refractivity (Wildman–Crippen MR) is 73.8 cm³/mol. The van der Waals surface area contributed by atoms with Crippen molar-refractivity contribution < 1.29 is 9.85 Å². The first kappa shape index (κ1) is 13.9. The molecule has 1 aliphatic rings. The van der Waals surface area contributed by atoms with Gasteiger partial charge in [-0.2, -0.15) is 5.10 Å². The third kappa shape index (κ3) is 2.90. The van der Waals surface area contributed by atoms with Gasteiger partial charge in [-0.3, -0.25) is 25.7 Å². The van der Waals surface area contributed by atoms with Crippen LogP contribution < -0.4 is 5.43 Å². The summed E-state index contributed by atoms with van der Waals surface area (Å²) >= 11 is 0. The predicted octanol–water partition coefficient (Wildman–Crippen LogP) is 3.09. The number of non-ortho nitro benzene ring substituents is 1. The molecule has 0 saturated heterocycles. The first-order valence-corrected chi connectivity index (χ1v) is 6.24. The van der Waals surface area contributed by atoms with Crippen LogP contribution >= 0.6 is 0 Å². The summed E-state index contributed by atoms with van der Waals surface area (Å²) in [5, 5.41) is 25.8. The summed E-state index contributed by atoms with van der Waals surface area (Å²) in [5.74, 6) is 0.361. The van der Waals surface area contributed by atoms with Crippen LogP contribution in [0.5, 0.6) is 0 Å². The zero-order valence-corrected chi connectivity index (χ0v) is 10.9. The Morgan fingerprint density at radius 1 is 1.30 bits per heavy atom. The lowest BCUT2D eigenvalue weighted by Gasteiger charge is -2.06. The highest BCUT2D eigenvalue weighted by Crippen LogP contribution is 2.29. The SMILES string of the molecule is CC1CCCC1=NNc1ccc([N+](=O)[O-])cc1[N+](=O)[O-]. The zero-order chi connectivity index (χ0) is 14.7. The quantitative estimate of drug-likeness (QED) is 0.672. The van der Waals surface area contributed by atoms with E-state index in [-0.39, 0.29) is 17.1 Å². The number of nitrogens with zero attached hydrogens (tertiary/aromatic N) is 3. The van der Waals surface area contributed by atoms with Crippen molar-refractivity contribution in [3.05, 3.63) is 38.4 Å². The minimum absolute atomic E-state index is 0.159. The van der Waals surface area contributed by atoms with Crippen LogP contribution in [0.1, 0.15) is 26.2 Å². The largest absolute Gasteiger partial charge is 0.301 e. The molecule has 1 aromatic rings. The van der Waals surface area contributed by atoms with Gasteiger partial charge in [0.05, 0.1) is 15.9 Å². The topological polar surface area (TPSA) is 111 Å². The second-order valence-corrected chi connectivity index (χ2v) is 4.72. The molecule has 0 bridgehead atoms. The molecule has 0 aliphatic heterocycles. The Hall–Kier alpha value is -2.51. The first-order valence-electron chi connectivity index (χ1n) is 6.24. The maximum absolute atomic E-state index is 11.0. The van der Waals surface area contributed by atoms with Gasteiger partial charge in [0.2, 0.25) is 0 Å². The summed E-state index contributed by atoms with van der Waals surface area (Å²) in [6, 6.07) is 3.45. The standard InChI is InChI=1S/C12H14N4O4/c1-8-3-2-4-10(8)13-14-11-6-5-9(15(17)18)7-12(11)16(19)20/h5-8,14H,2-4H2,1H3. The van der Waals surface area contributed by atoms with Crippen LogP contribution in [0.15, 0.2) is 23.3 Å². The Kier molecular flexibility index (Phi) is 3.92. The Morgan fingerprint density at radius 3 is 2.60 bits per heavy atom. The van der Waals surface area contributed by atoms with Gasteiger partial charge < -0.3 is 0 Å². The number of nitro groups is 2. The highest BCUT2D eigenvalue weighted by Gasteiger charge is 2.21. The molecule has 1 aliphatic carbocycles. The van der Waals surface area contributed by atoms with E-state index in [9.17, 15) is 20.2 Å².